The lowest BCUT2D eigenvalue weighted by Gasteiger charge is -2.41. The van der Waals surface area contributed by atoms with Gasteiger partial charge in [0.25, 0.3) is 0 Å². The summed E-state index contributed by atoms with van der Waals surface area (Å²) >= 11 is 0. The van der Waals surface area contributed by atoms with Gasteiger partial charge in [0.2, 0.25) is 17.7 Å². The van der Waals surface area contributed by atoms with Gasteiger partial charge in [0.1, 0.15) is 0 Å². The summed E-state index contributed by atoms with van der Waals surface area (Å²) < 4.78 is 0. The molecule has 0 radical (unpaired) electrons. The van der Waals surface area contributed by atoms with Gasteiger partial charge in [-0.25, -0.2) is 0 Å². The van der Waals surface area contributed by atoms with E-state index in [4.69, 9.17) is 0 Å². The molecule has 3 aliphatic rings. The molecule has 0 spiro atoms. The number of aryl methyl sites for hydroxylation is 1. The second-order valence-corrected chi connectivity index (χ2v) is 8.51. The zero-order valence-electron chi connectivity index (χ0n) is 17.5. The average Bonchev–Trinajstić information content (AvgIpc) is 3.10. The van der Waals surface area contributed by atoms with Crippen LogP contribution in [0.1, 0.15) is 30.4 Å². The van der Waals surface area contributed by atoms with Gasteiger partial charge in [0.05, 0.1) is 12.5 Å². The molecule has 3 heterocycles. The number of benzene rings is 1. The number of nitrogens with one attached hydrogen (secondary N) is 1. The lowest BCUT2D eigenvalue weighted by Crippen LogP contribution is -2.58. The number of amides is 3. The van der Waals surface area contributed by atoms with Crippen molar-refractivity contribution >= 4 is 30.1 Å². The summed E-state index contributed by atoms with van der Waals surface area (Å²) in [7, 11) is 0. The molecule has 1 aromatic rings. The Morgan fingerprint density at radius 1 is 1.10 bits per heavy atom. The van der Waals surface area contributed by atoms with Crippen molar-refractivity contribution in [2.45, 2.75) is 38.8 Å². The summed E-state index contributed by atoms with van der Waals surface area (Å²) in [6.07, 6.45) is 2.14. The third-order valence-electron chi connectivity index (χ3n) is 6.33. The van der Waals surface area contributed by atoms with Gasteiger partial charge in [-0.3, -0.25) is 14.4 Å². The van der Waals surface area contributed by atoms with E-state index in [2.05, 4.69) is 5.32 Å². The van der Waals surface area contributed by atoms with E-state index in [-0.39, 0.29) is 42.1 Å². The number of nitrogens with zero attached hydrogens (tertiary/aromatic N) is 3. The Kier molecular flexibility index (Phi) is 7.36. The van der Waals surface area contributed by atoms with Crippen LogP contribution in [0.2, 0.25) is 0 Å². The summed E-state index contributed by atoms with van der Waals surface area (Å²) in [6.45, 7) is 6.29. The van der Waals surface area contributed by atoms with Gasteiger partial charge in [0, 0.05) is 51.7 Å². The fourth-order valence-corrected chi connectivity index (χ4v) is 4.68. The molecule has 1 aromatic carbocycles. The summed E-state index contributed by atoms with van der Waals surface area (Å²) in [4.78, 5) is 43.5. The predicted molar refractivity (Wildman–Crippen MR) is 116 cm³/mol. The van der Waals surface area contributed by atoms with Crippen molar-refractivity contribution in [1.82, 2.24) is 20.0 Å². The predicted octanol–water partition coefficient (Wildman–Crippen LogP) is 1.19. The number of piperazine rings is 1. The van der Waals surface area contributed by atoms with E-state index < -0.39 is 0 Å². The Labute approximate surface area is 184 Å². The van der Waals surface area contributed by atoms with Crippen molar-refractivity contribution in [3.8, 4) is 0 Å². The van der Waals surface area contributed by atoms with E-state index in [1.807, 2.05) is 41.0 Å². The van der Waals surface area contributed by atoms with Crippen LogP contribution in [0.3, 0.4) is 0 Å². The third-order valence-corrected chi connectivity index (χ3v) is 6.33. The van der Waals surface area contributed by atoms with Crippen LogP contribution in [0.4, 0.5) is 0 Å². The Morgan fingerprint density at radius 2 is 1.87 bits per heavy atom. The normalized spacial score (nSPS) is 24.8. The number of carbonyl (C=O) groups excluding carboxylic acids is 3. The van der Waals surface area contributed by atoms with Gasteiger partial charge in [-0.05, 0) is 25.3 Å². The van der Waals surface area contributed by atoms with Gasteiger partial charge >= 0.3 is 0 Å². The SMILES string of the molecule is Cc1ccc(CN2CC(C(=O)N3CCCC(N4CCNCC4=O)C3)CC2=O)cc1.Cl. The topological polar surface area (TPSA) is 73.0 Å². The van der Waals surface area contributed by atoms with Gasteiger partial charge in [-0.2, -0.15) is 0 Å². The van der Waals surface area contributed by atoms with E-state index in [0.29, 0.717) is 39.1 Å². The Hall–Kier alpha value is -2.12. The zero-order valence-corrected chi connectivity index (χ0v) is 18.3. The standard InChI is InChI=1S/C22H30N4O3.ClH/c1-16-4-6-17(7-5-16)13-25-14-18(11-20(25)27)22(29)24-9-2-3-19(15-24)26-10-8-23-12-21(26)28;/h4-7,18-19,23H,2-3,8-15H2,1H3;1H. The molecule has 2 unspecified atom stereocenters. The number of rotatable bonds is 4. The Bertz CT molecular complexity index is 785. The third kappa shape index (κ3) is 4.95. The fraction of sp³-hybridized carbons (Fsp3) is 0.591. The van der Waals surface area contributed by atoms with Gasteiger partial charge in [0.15, 0.2) is 0 Å². The average molecular weight is 435 g/mol. The summed E-state index contributed by atoms with van der Waals surface area (Å²) in [5, 5.41) is 3.10. The Balaban J connectivity index is 0.00000256. The summed E-state index contributed by atoms with van der Waals surface area (Å²) in [5.41, 5.74) is 2.28. The van der Waals surface area contributed by atoms with Crippen LogP contribution < -0.4 is 5.32 Å². The van der Waals surface area contributed by atoms with Crippen molar-refractivity contribution in [1.29, 1.82) is 0 Å². The lowest BCUT2D eigenvalue weighted by atomic mass is 10.00. The second kappa shape index (κ2) is 9.79. The van der Waals surface area contributed by atoms with Crippen molar-refractivity contribution in [3.63, 3.8) is 0 Å². The van der Waals surface area contributed by atoms with Crippen LogP contribution in [0, 0.1) is 12.8 Å². The number of hydrogen-bond donors (Lipinski definition) is 1. The van der Waals surface area contributed by atoms with Crippen LogP contribution in [-0.4, -0.2) is 77.7 Å². The molecule has 3 amide bonds. The second-order valence-electron chi connectivity index (χ2n) is 8.51. The molecule has 3 aliphatic heterocycles. The maximum atomic E-state index is 13.1. The number of halogens is 1. The van der Waals surface area contributed by atoms with Crippen LogP contribution in [0.15, 0.2) is 24.3 Å². The first-order chi connectivity index (χ1) is 14.0. The molecule has 0 saturated carbocycles. The minimum Gasteiger partial charge on any atom is -0.340 e. The van der Waals surface area contributed by atoms with Crippen LogP contribution in [0.25, 0.3) is 0 Å². The molecule has 8 heteroatoms. The summed E-state index contributed by atoms with van der Waals surface area (Å²) in [5.74, 6) is -0.0342. The first kappa shape index (κ1) is 22.6. The highest BCUT2D eigenvalue weighted by atomic mass is 35.5. The highest BCUT2D eigenvalue weighted by molar-refractivity contribution is 5.89. The van der Waals surface area contributed by atoms with Crippen LogP contribution in [0.5, 0.6) is 0 Å². The van der Waals surface area contributed by atoms with Crippen LogP contribution >= 0.6 is 12.4 Å². The molecule has 30 heavy (non-hydrogen) atoms. The van der Waals surface area contributed by atoms with E-state index in [9.17, 15) is 14.4 Å². The van der Waals surface area contributed by atoms with E-state index in [1.165, 1.54) is 5.56 Å². The van der Waals surface area contributed by atoms with Gasteiger partial charge in [-0.15, -0.1) is 12.4 Å². The molecule has 7 nitrogen and oxygen atoms in total. The molecule has 2 atom stereocenters. The largest absolute Gasteiger partial charge is 0.340 e. The molecule has 3 fully saturated rings. The number of carbonyl (C=O) groups is 3. The van der Waals surface area contributed by atoms with Crippen molar-refractivity contribution in [2.75, 3.05) is 39.3 Å². The van der Waals surface area contributed by atoms with Crippen molar-refractivity contribution < 1.29 is 14.4 Å². The van der Waals surface area contributed by atoms with E-state index in [0.717, 1.165) is 31.5 Å². The quantitative estimate of drug-likeness (QED) is 0.772. The van der Waals surface area contributed by atoms with Crippen molar-refractivity contribution in [2.24, 2.45) is 5.92 Å². The summed E-state index contributed by atoms with van der Waals surface area (Å²) in [6, 6.07) is 8.27. The minimum absolute atomic E-state index is 0. The number of piperidine rings is 1. The van der Waals surface area contributed by atoms with Crippen LogP contribution in [-0.2, 0) is 20.9 Å². The lowest BCUT2D eigenvalue weighted by molar-refractivity contribution is -0.142. The highest BCUT2D eigenvalue weighted by Crippen LogP contribution is 2.25. The minimum atomic E-state index is -0.273. The number of likely N-dealkylation sites (tertiary alicyclic amines) is 2. The zero-order chi connectivity index (χ0) is 20.4. The highest BCUT2D eigenvalue weighted by Gasteiger charge is 2.39. The molecule has 4 rings (SSSR count). The van der Waals surface area contributed by atoms with E-state index in [1.54, 1.807) is 4.90 Å². The van der Waals surface area contributed by atoms with Gasteiger partial charge < -0.3 is 20.0 Å². The first-order valence-corrected chi connectivity index (χ1v) is 10.6. The number of hydrogen-bond acceptors (Lipinski definition) is 4. The molecule has 3 saturated heterocycles. The molecule has 164 valence electrons. The first-order valence-electron chi connectivity index (χ1n) is 10.6. The molecule has 0 bridgehead atoms. The monoisotopic (exact) mass is 434 g/mol. The maximum Gasteiger partial charge on any atom is 0.236 e. The molecular weight excluding hydrogens is 404 g/mol. The molecule has 0 aliphatic carbocycles. The smallest absolute Gasteiger partial charge is 0.236 e. The molecule has 0 aromatic heterocycles. The van der Waals surface area contributed by atoms with Gasteiger partial charge in [-0.1, -0.05) is 29.8 Å². The molecular formula is C22H31ClN4O3. The maximum absolute atomic E-state index is 13.1. The van der Waals surface area contributed by atoms with Crippen molar-refractivity contribution in [3.05, 3.63) is 35.4 Å². The van der Waals surface area contributed by atoms with E-state index >= 15 is 0 Å². The Morgan fingerprint density at radius 3 is 2.60 bits per heavy atom. The molecule has 1 N–H and O–H groups in total. The fourth-order valence-electron chi connectivity index (χ4n) is 4.68.